The van der Waals surface area contributed by atoms with E-state index < -0.39 is 8.07 Å². The summed E-state index contributed by atoms with van der Waals surface area (Å²) in [4.78, 5) is 0. The van der Waals surface area contributed by atoms with Gasteiger partial charge in [0.15, 0.2) is 0 Å². The lowest BCUT2D eigenvalue weighted by Gasteiger charge is -2.40. The summed E-state index contributed by atoms with van der Waals surface area (Å²) in [5, 5.41) is 0. The van der Waals surface area contributed by atoms with Crippen LogP contribution in [0, 0.1) is 0 Å². The van der Waals surface area contributed by atoms with Gasteiger partial charge in [0, 0.05) is 11.1 Å². The molecule has 6 rings (SSSR count). The Hall–Kier alpha value is -3.42. The molecule has 2 aliphatic rings. The Kier molecular flexibility index (Phi) is 10.5. The van der Waals surface area contributed by atoms with E-state index in [4.69, 9.17) is 0 Å². The fourth-order valence-corrected chi connectivity index (χ4v) is 13.6. The second-order valence-corrected chi connectivity index (χ2v) is 19.6. The number of fused-ring (bicyclic) bond motifs is 2. The van der Waals surface area contributed by atoms with Crippen molar-refractivity contribution in [1.29, 1.82) is 0 Å². The third-order valence-electron chi connectivity index (χ3n) is 11.0. The number of aryl methyl sites for hydroxylation is 2. The summed E-state index contributed by atoms with van der Waals surface area (Å²) in [5.41, 5.74) is 19.0. The van der Waals surface area contributed by atoms with Gasteiger partial charge in [-0.1, -0.05) is 175 Å². The van der Waals surface area contributed by atoms with Crippen molar-refractivity contribution in [3.05, 3.63) is 129 Å². The summed E-state index contributed by atoms with van der Waals surface area (Å²) in [6.45, 7) is 14.7. The molecule has 47 heavy (non-hydrogen) atoms. The largest absolute Gasteiger partial charge is 0.0722 e. The van der Waals surface area contributed by atoms with Gasteiger partial charge in [-0.2, -0.15) is 0 Å². The highest BCUT2D eigenvalue weighted by Gasteiger charge is 2.48. The molecule has 0 radical (unpaired) electrons. The molecule has 2 atom stereocenters. The molecule has 0 saturated heterocycles. The van der Waals surface area contributed by atoms with Crippen molar-refractivity contribution in [3.63, 3.8) is 0 Å². The molecular weight excluding hydrogens is 581 g/mol. The van der Waals surface area contributed by atoms with Crippen LogP contribution in [0.15, 0.2) is 96.1 Å². The van der Waals surface area contributed by atoms with Crippen LogP contribution in [0.5, 0.6) is 0 Å². The quantitative estimate of drug-likeness (QED) is 0.121. The van der Waals surface area contributed by atoms with E-state index in [9.17, 15) is 0 Å². The molecule has 0 aromatic heterocycles. The molecule has 0 heterocycles. The smallest absolute Gasteiger partial charge is 0.0679 e. The first-order valence-electron chi connectivity index (χ1n) is 18.8. The third-order valence-corrected chi connectivity index (χ3v) is 15.4. The highest BCUT2D eigenvalue weighted by atomic mass is 28.3. The van der Waals surface area contributed by atoms with Gasteiger partial charge in [-0.3, -0.25) is 0 Å². The SMILES string of the molecule is CCCCc1ccc(-c2cccc3c2C=C(CCC)C3[Si](C)(C)C2C(CCC)=Cc3c(-c4ccc(CCCC)cc4)cccc32)cc1. The molecule has 0 bridgehead atoms. The molecule has 2 unspecified atom stereocenters. The second-order valence-electron chi connectivity index (χ2n) is 14.8. The maximum absolute atomic E-state index is 2.71. The van der Waals surface area contributed by atoms with Crippen LogP contribution in [0.1, 0.15) is 124 Å². The number of allylic oxidation sites excluding steroid dienone is 2. The van der Waals surface area contributed by atoms with E-state index >= 15 is 0 Å². The van der Waals surface area contributed by atoms with Gasteiger partial charge < -0.3 is 0 Å². The van der Waals surface area contributed by atoms with E-state index in [-0.39, 0.29) is 0 Å². The third kappa shape index (κ3) is 6.66. The van der Waals surface area contributed by atoms with Crippen LogP contribution in [0.3, 0.4) is 0 Å². The minimum atomic E-state index is -1.97. The first-order chi connectivity index (χ1) is 22.9. The first kappa shape index (κ1) is 33.5. The molecule has 4 aromatic rings. The Balaban J connectivity index is 1.40. The van der Waals surface area contributed by atoms with E-state index in [1.54, 1.807) is 22.3 Å². The Labute approximate surface area is 287 Å². The lowest BCUT2D eigenvalue weighted by atomic mass is 9.95. The topological polar surface area (TPSA) is 0 Å². The maximum atomic E-state index is 2.71. The lowest BCUT2D eigenvalue weighted by Crippen LogP contribution is -2.43. The van der Waals surface area contributed by atoms with Crippen LogP contribution in [-0.2, 0) is 12.8 Å². The molecular formula is C46H56Si. The van der Waals surface area contributed by atoms with Crippen LogP contribution in [-0.4, -0.2) is 8.07 Å². The Morgan fingerprint density at radius 2 is 0.872 bits per heavy atom. The molecule has 0 nitrogen and oxygen atoms in total. The van der Waals surface area contributed by atoms with Gasteiger partial charge in [0.25, 0.3) is 0 Å². The maximum Gasteiger partial charge on any atom is 0.0722 e. The minimum Gasteiger partial charge on any atom is -0.0679 e. The zero-order chi connectivity index (χ0) is 33.0. The molecule has 2 aliphatic carbocycles. The number of rotatable bonds is 14. The summed E-state index contributed by atoms with van der Waals surface area (Å²) in [5.74, 6) is 0. The monoisotopic (exact) mass is 636 g/mol. The van der Waals surface area contributed by atoms with Gasteiger partial charge in [-0.25, -0.2) is 0 Å². The fraction of sp³-hybridized carbons (Fsp3) is 0.391. The summed E-state index contributed by atoms with van der Waals surface area (Å²) >= 11 is 0. The summed E-state index contributed by atoms with van der Waals surface area (Å²) in [7, 11) is -1.97. The molecule has 244 valence electrons. The van der Waals surface area contributed by atoms with E-state index in [1.165, 1.54) is 109 Å². The Morgan fingerprint density at radius 1 is 0.468 bits per heavy atom. The highest BCUT2D eigenvalue weighted by Crippen LogP contribution is 2.55. The zero-order valence-corrected chi connectivity index (χ0v) is 31.0. The summed E-state index contributed by atoms with van der Waals surface area (Å²) in [6.07, 6.45) is 17.4. The first-order valence-corrected chi connectivity index (χ1v) is 21.9. The van der Waals surface area contributed by atoms with Crippen molar-refractivity contribution < 1.29 is 0 Å². The van der Waals surface area contributed by atoms with Crippen LogP contribution >= 0.6 is 0 Å². The van der Waals surface area contributed by atoms with Crippen molar-refractivity contribution >= 4 is 20.2 Å². The van der Waals surface area contributed by atoms with Gasteiger partial charge in [-0.05, 0) is 94.2 Å². The number of unbranched alkanes of at least 4 members (excludes halogenated alkanes) is 2. The second kappa shape index (κ2) is 14.8. The van der Waals surface area contributed by atoms with Crippen LogP contribution in [0.4, 0.5) is 0 Å². The standard InChI is InChI=1S/C46H56Si/c1-7-11-17-33-23-27-35(28-24-33)39-19-13-21-41-43(39)31-37(15-9-3)45(41)47(5,6)46-38(16-10-4)32-44-40(20-14-22-42(44)46)36-29-25-34(26-30-36)18-12-8-2/h13-14,19-32,45-46H,7-12,15-18H2,1-6H3. The Morgan fingerprint density at radius 3 is 1.23 bits per heavy atom. The van der Waals surface area contributed by atoms with Crippen molar-refractivity contribution in [3.8, 4) is 22.3 Å². The predicted molar refractivity (Wildman–Crippen MR) is 210 cm³/mol. The molecule has 0 spiro atoms. The van der Waals surface area contributed by atoms with E-state index in [2.05, 4.69) is 138 Å². The van der Waals surface area contributed by atoms with Crippen molar-refractivity contribution in [2.45, 2.75) is 116 Å². The van der Waals surface area contributed by atoms with Gasteiger partial charge >= 0.3 is 0 Å². The highest BCUT2D eigenvalue weighted by molar-refractivity contribution is 6.81. The minimum absolute atomic E-state index is 0.527. The van der Waals surface area contributed by atoms with Gasteiger partial charge in [0.05, 0.1) is 8.07 Å². The molecule has 1 heteroatoms. The summed E-state index contributed by atoms with van der Waals surface area (Å²) in [6, 6.07) is 33.3. The molecule has 0 fully saturated rings. The van der Waals surface area contributed by atoms with Crippen LogP contribution in [0.25, 0.3) is 34.4 Å². The average molecular weight is 637 g/mol. The molecule has 0 N–H and O–H groups in total. The van der Waals surface area contributed by atoms with Crippen molar-refractivity contribution in [2.24, 2.45) is 0 Å². The molecule has 0 saturated carbocycles. The average Bonchev–Trinajstić information content (AvgIpc) is 3.66. The van der Waals surface area contributed by atoms with E-state index in [0.29, 0.717) is 11.1 Å². The van der Waals surface area contributed by atoms with Crippen LogP contribution < -0.4 is 0 Å². The van der Waals surface area contributed by atoms with Crippen molar-refractivity contribution in [1.82, 2.24) is 0 Å². The molecule has 4 aromatic carbocycles. The van der Waals surface area contributed by atoms with Gasteiger partial charge in [0.2, 0.25) is 0 Å². The number of hydrogen-bond donors (Lipinski definition) is 0. The Bertz CT molecular complexity index is 1600. The lowest BCUT2D eigenvalue weighted by molar-refractivity contribution is 0.795. The molecule has 0 amide bonds. The van der Waals surface area contributed by atoms with Crippen molar-refractivity contribution in [2.75, 3.05) is 0 Å². The van der Waals surface area contributed by atoms with Gasteiger partial charge in [0.1, 0.15) is 0 Å². The summed E-state index contributed by atoms with van der Waals surface area (Å²) < 4.78 is 0. The normalized spacial score (nSPS) is 17.0. The number of benzene rings is 4. The predicted octanol–water partition coefficient (Wildman–Crippen LogP) is 13.8. The van der Waals surface area contributed by atoms with E-state index in [0.717, 1.165) is 0 Å². The number of hydrogen-bond acceptors (Lipinski definition) is 0. The van der Waals surface area contributed by atoms with Crippen LogP contribution in [0.2, 0.25) is 13.1 Å². The zero-order valence-electron chi connectivity index (χ0n) is 30.0. The molecule has 0 aliphatic heterocycles. The van der Waals surface area contributed by atoms with E-state index in [1.807, 2.05) is 0 Å². The fourth-order valence-electron chi connectivity index (χ4n) is 8.83. The van der Waals surface area contributed by atoms with Gasteiger partial charge in [-0.15, -0.1) is 0 Å².